The largest absolute Gasteiger partial charge is 0.370 e. The molecule has 0 rings (SSSR count). The number of hydrogen-bond donors (Lipinski definition) is 2. The summed E-state index contributed by atoms with van der Waals surface area (Å²) < 4.78 is 0. The van der Waals surface area contributed by atoms with Crippen LogP contribution < -0.4 is 11.5 Å². The topological polar surface area (TPSA) is 64.4 Å². The highest BCUT2D eigenvalue weighted by Crippen LogP contribution is 2.14. The summed E-state index contributed by atoms with van der Waals surface area (Å²) in [6.45, 7) is 3.09. The fraction of sp³-hybridized carbons (Fsp3) is 0.957. The zero-order chi connectivity index (χ0) is 19.1. The van der Waals surface area contributed by atoms with Gasteiger partial charge < -0.3 is 11.5 Å². The molecule has 0 aliphatic heterocycles. The van der Waals surface area contributed by atoms with Crippen LogP contribution in [0.15, 0.2) is 4.99 Å². The second kappa shape index (κ2) is 22.3. The monoisotopic (exact) mass is 367 g/mol. The lowest BCUT2D eigenvalue weighted by molar-refractivity contribution is 0.522. The molecule has 0 saturated carbocycles. The molecule has 156 valence electrons. The SMILES string of the molecule is CCCCCCCCCCCCCCCCCCCCCCN=C(N)N. The van der Waals surface area contributed by atoms with Crippen molar-refractivity contribution in [3.63, 3.8) is 0 Å². The Morgan fingerprint density at radius 3 is 1.00 bits per heavy atom. The first-order valence-electron chi connectivity index (χ1n) is 11.8. The molecule has 0 atom stereocenters. The standard InChI is InChI=1S/C23H49N3/c1-2-3-4-5-6-7-8-9-10-11-12-13-14-15-16-17-18-19-20-21-22-26-23(24)25/h2-22H2,1H3,(H4,24,25,26). The summed E-state index contributed by atoms with van der Waals surface area (Å²) in [7, 11) is 0. The second-order valence-corrected chi connectivity index (χ2v) is 8.02. The lowest BCUT2D eigenvalue weighted by atomic mass is 10.0. The van der Waals surface area contributed by atoms with E-state index in [1.807, 2.05) is 0 Å². The van der Waals surface area contributed by atoms with E-state index in [1.54, 1.807) is 0 Å². The predicted octanol–water partition coefficient (Wildman–Crippen LogP) is 7.08. The van der Waals surface area contributed by atoms with E-state index in [0.29, 0.717) is 0 Å². The van der Waals surface area contributed by atoms with Crippen LogP contribution in [0.3, 0.4) is 0 Å². The minimum atomic E-state index is 0.225. The maximum atomic E-state index is 5.31. The van der Waals surface area contributed by atoms with Crippen LogP contribution in [0, 0.1) is 0 Å². The summed E-state index contributed by atoms with van der Waals surface area (Å²) >= 11 is 0. The van der Waals surface area contributed by atoms with Crippen molar-refractivity contribution in [2.75, 3.05) is 6.54 Å². The minimum Gasteiger partial charge on any atom is -0.370 e. The van der Waals surface area contributed by atoms with Gasteiger partial charge in [0, 0.05) is 6.54 Å². The predicted molar refractivity (Wildman–Crippen MR) is 119 cm³/mol. The number of unbranched alkanes of at least 4 members (excludes halogenated alkanes) is 19. The third-order valence-electron chi connectivity index (χ3n) is 5.31. The van der Waals surface area contributed by atoms with Gasteiger partial charge in [0.25, 0.3) is 0 Å². The van der Waals surface area contributed by atoms with E-state index in [9.17, 15) is 0 Å². The molecule has 3 heteroatoms. The number of guanidine groups is 1. The van der Waals surface area contributed by atoms with E-state index >= 15 is 0 Å². The first kappa shape index (κ1) is 25.3. The Labute approximate surface area is 164 Å². The van der Waals surface area contributed by atoms with Crippen molar-refractivity contribution >= 4 is 5.96 Å². The number of hydrogen-bond acceptors (Lipinski definition) is 1. The molecule has 3 nitrogen and oxygen atoms in total. The maximum Gasteiger partial charge on any atom is 0.185 e. The van der Waals surface area contributed by atoms with Crippen molar-refractivity contribution in [2.24, 2.45) is 16.5 Å². The number of rotatable bonds is 21. The van der Waals surface area contributed by atoms with Crippen LogP contribution in [0.2, 0.25) is 0 Å². The van der Waals surface area contributed by atoms with Gasteiger partial charge in [-0.05, 0) is 6.42 Å². The Hall–Kier alpha value is -0.730. The molecule has 0 aromatic rings. The van der Waals surface area contributed by atoms with E-state index in [1.165, 1.54) is 122 Å². The molecule has 0 spiro atoms. The van der Waals surface area contributed by atoms with Crippen LogP contribution in [0.25, 0.3) is 0 Å². The summed E-state index contributed by atoms with van der Waals surface area (Å²) in [5.41, 5.74) is 10.6. The lowest BCUT2D eigenvalue weighted by Crippen LogP contribution is -2.22. The molecule has 0 aliphatic carbocycles. The Balaban J connectivity index is 3.00. The van der Waals surface area contributed by atoms with E-state index in [4.69, 9.17) is 11.5 Å². The smallest absolute Gasteiger partial charge is 0.185 e. The summed E-state index contributed by atoms with van der Waals surface area (Å²) in [5.74, 6) is 0.225. The number of nitrogens with zero attached hydrogens (tertiary/aromatic N) is 1. The van der Waals surface area contributed by atoms with Gasteiger partial charge in [0.05, 0.1) is 0 Å². The van der Waals surface area contributed by atoms with Gasteiger partial charge in [-0.15, -0.1) is 0 Å². The summed E-state index contributed by atoms with van der Waals surface area (Å²) in [4.78, 5) is 4.01. The lowest BCUT2D eigenvalue weighted by Gasteiger charge is -2.04. The summed E-state index contributed by atoms with van der Waals surface area (Å²) in [5, 5.41) is 0. The molecule has 0 unspecified atom stereocenters. The van der Waals surface area contributed by atoms with Gasteiger partial charge in [-0.1, -0.05) is 129 Å². The molecule has 0 heterocycles. The fourth-order valence-corrected chi connectivity index (χ4v) is 3.58. The molecular weight excluding hydrogens is 318 g/mol. The van der Waals surface area contributed by atoms with Crippen molar-refractivity contribution < 1.29 is 0 Å². The van der Waals surface area contributed by atoms with Crippen LogP contribution in [0.1, 0.15) is 135 Å². The second-order valence-electron chi connectivity index (χ2n) is 8.02. The number of nitrogens with two attached hydrogens (primary N) is 2. The fourth-order valence-electron chi connectivity index (χ4n) is 3.58. The molecule has 26 heavy (non-hydrogen) atoms. The van der Waals surface area contributed by atoms with Gasteiger partial charge >= 0.3 is 0 Å². The molecule has 0 saturated heterocycles. The van der Waals surface area contributed by atoms with Crippen molar-refractivity contribution in [3.05, 3.63) is 0 Å². The molecule has 0 fully saturated rings. The molecule has 0 amide bonds. The van der Waals surface area contributed by atoms with Gasteiger partial charge in [-0.2, -0.15) is 0 Å². The quantitative estimate of drug-likeness (QED) is 0.129. The Morgan fingerprint density at radius 1 is 0.462 bits per heavy atom. The molecular formula is C23H49N3. The molecule has 4 N–H and O–H groups in total. The number of aliphatic imine (C=N–C) groups is 1. The van der Waals surface area contributed by atoms with Crippen LogP contribution >= 0.6 is 0 Å². The average Bonchev–Trinajstić information content (AvgIpc) is 2.62. The Kier molecular flexibility index (Phi) is 21.7. The first-order chi connectivity index (χ1) is 12.8. The third kappa shape index (κ3) is 23.3. The van der Waals surface area contributed by atoms with Gasteiger partial charge in [-0.25, -0.2) is 0 Å². The van der Waals surface area contributed by atoms with E-state index in [0.717, 1.165) is 13.0 Å². The van der Waals surface area contributed by atoms with Crippen LogP contribution in [-0.2, 0) is 0 Å². The van der Waals surface area contributed by atoms with E-state index < -0.39 is 0 Å². The van der Waals surface area contributed by atoms with Gasteiger partial charge in [-0.3, -0.25) is 4.99 Å². The molecule has 0 aromatic heterocycles. The van der Waals surface area contributed by atoms with E-state index in [2.05, 4.69) is 11.9 Å². The minimum absolute atomic E-state index is 0.225. The van der Waals surface area contributed by atoms with Crippen molar-refractivity contribution in [2.45, 2.75) is 135 Å². The van der Waals surface area contributed by atoms with Crippen molar-refractivity contribution in [3.8, 4) is 0 Å². The van der Waals surface area contributed by atoms with Crippen LogP contribution in [0.4, 0.5) is 0 Å². The zero-order valence-electron chi connectivity index (χ0n) is 18.0. The Bertz CT molecular complexity index is 285. The maximum absolute atomic E-state index is 5.31. The van der Waals surface area contributed by atoms with E-state index in [-0.39, 0.29) is 5.96 Å². The Morgan fingerprint density at radius 2 is 0.731 bits per heavy atom. The summed E-state index contributed by atoms with van der Waals surface area (Å²) in [6, 6.07) is 0. The highest BCUT2D eigenvalue weighted by Gasteiger charge is 1.95. The van der Waals surface area contributed by atoms with Gasteiger partial charge in [0.2, 0.25) is 0 Å². The summed E-state index contributed by atoms with van der Waals surface area (Å²) in [6.07, 6.45) is 28.2. The molecule has 0 radical (unpaired) electrons. The van der Waals surface area contributed by atoms with Crippen LogP contribution in [0.5, 0.6) is 0 Å². The van der Waals surface area contributed by atoms with Gasteiger partial charge in [0.15, 0.2) is 5.96 Å². The van der Waals surface area contributed by atoms with Crippen molar-refractivity contribution in [1.82, 2.24) is 0 Å². The average molecular weight is 368 g/mol. The molecule has 0 aliphatic rings. The van der Waals surface area contributed by atoms with Crippen LogP contribution in [-0.4, -0.2) is 12.5 Å². The molecule has 0 bridgehead atoms. The normalized spacial score (nSPS) is 11.0. The highest BCUT2D eigenvalue weighted by atomic mass is 15.0. The first-order valence-corrected chi connectivity index (χ1v) is 11.8. The van der Waals surface area contributed by atoms with Gasteiger partial charge in [0.1, 0.15) is 0 Å². The highest BCUT2D eigenvalue weighted by molar-refractivity contribution is 5.75. The third-order valence-corrected chi connectivity index (χ3v) is 5.31. The van der Waals surface area contributed by atoms with Crippen molar-refractivity contribution in [1.29, 1.82) is 0 Å². The molecule has 0 aromatic carbocycles. The zero-order valence-corrected chi connectivity index (χ0v) is 18.0.